The zero-order valence-electron chi connectivity index (χ0n) is 12.6. The quantitative estimate of drug-likeness (QED) is 0.717. The molecule has 4 nitrogen and oxygen atoms in total. The molecule has 23 heavy (non-hydrogen) atoms. The van der Waals surface area contributed by atoms with Gasteiger partial charge in [0.15, 0.2) is 0 Å². The number of halogens is 1. The smallest absolute Gasteiger partial charge is 0.138 e. The maximum Gasteiger partial charge on any atom is 0.138 e. The Morgan fingerprint density at radius 1 is 1.13 bits per heavy atom. The molecule has 3 heterocycles. The van der Waals surface area contributed by atoms with E-state index in [0.29, 0.717) is 0 Å². The van der Waals surface area contributed by atoms with Gasteiger partial charge in [0.25, 0.3) is 0 Å². The molecule has 4 rings (SSSR count). The highest BCUT2D eigenvalue weighted by Gasteiger charge is 2.28. The van der Waals surface area contributed by atoms with Crippen LogP contribution in [0.2, 0.25) is 5.02 Å². The molecular formula is C18H17ClN2O2. The molecule has 1 aliphatic rings. The van der Waals surface area contributed by atoms with Crippen molar-refractivity contribution in [3.63, 3.8) is 0 Å². The van der Waals surface area contributed by atoms with Crippen molar-refractivity contribution >= 4 is 11.6 Å². The van der Waals surface area contributed by atoms with Gasteiger partial charge in [-0.3, -0.25) is 4.90 Å². The Balaban J connectivity index is 1.54. The minimum Gasteiger partial charge on any atom is -0.468 e. The molecule has 1 fully saturated rings. The van der Waals surface area contributed by atoms with Gasteiger partial charge in [-0.2, -0.15) is 0 Å². The number of benzene rings is 1. The number of rotatable bonds is 4. The van der Waals surface area contributed by atoms with Gasteiger partial charge in [-0.1, -0.05) is 11.6 Å². The molecule has 118 valence electrons. The summed E-state index contributed by atoms with van der Waals surface area (Å²) in [6.07, 6.45) is 5.83. The van der Waals surface area contributed by atoms with E-state index in [0.717, 1.165) is 41.7 Å². The first-order valence-electron chi connectivity index (χ1n) is 7.61. The van der Waals surface area contributed by atoms with Crippen LogP contribution >= 0.6 is 11.6 Å². The molecule has 1 aliphatic heterocycles. The van der Waals surface area contributed by atoms with E-state index in [-0.39, 0.29) is 6.23 Å². The Morgan fingerprint density at radius 3 is 2.78 bits per heavy atom. The van der Waals surface area contributed by atoms with Crippen LogP contribution in [-0.4, -0.2) is 22.6 Å². The van der Waals surface area contributed by atoms with Crippen molar-refractivity contribution in [3.05, 3.63) is 77.5 Å². The number of aromatic nitrogens is 1. The molecule has 0 bridgehead atoms. The number of hydrogen-bond donors (Lipinski definition) is 0. The molecule has 0 radical (unpaired) electrons. The summed E-state index contributed by atoms with van der Waals surface area (Å²) in [5, 5.41) is 0.741. The molecule has 5 heteroatoms. The van der Waals surface area contributed by atoms with Gasteiger partial charge < -0.3 is 13.7 Å². The Kier molecular flexibility index (Phi) is 3.95. The van der Waals surface area contributed by atoms with Crippen molar-refractivity contribution < 1.29 is 9.15 Å². The zero-order valence-corrected chi connectivity index (χ0v) is 13.3. The van der Waals surface area contributed by atoms with Crippen molar-refractivity contribution in [3.8, 4) is 5.69 Å². The molecule has 1 aromatic carbocycles. The average molecular weight is 329 g/mol. The summed E-state index contributed by atoms with van der Waals surface area (Å²) in [6, 6.07) is 13.8. The van der Waals surface area contributed by atoms with Crippen LogP contribution in [0.1, 0.15) is 17.6 Å². The second-order valence-electron chi connectivity index (χ2n) is 5.60. The van der Waals surface area contributed by atoms with E-state index in [9.17, 15) is 0 Å². The fourth-order valence-corrected chi connectivity index (χ4v) is 3.03. The van der Waals surface area contributed by atoms with Gasteiger partial charge in [-0.05, 0) is 42.5 Å². The second kappa shape index (κ2) is 6.24. The largest absolute Gasteiger partial charge is 0.468 e. The third-order valence-electron chi connectivity index (χ3n) is 4.05. The van der Waals surface area contributed by atoms with E-state index in [4.69, 9.17) is 20.8 Å². The van der Waals surface area contributed by atoms with Crippen LogP contribution in [-0.2, 0) is 11.3 Å². The Labute approximate surface area is 139 Å². The molecule has 0 unspecified atom stereocenters. The Bertz CT molecular complexity index is 765. The summed E-state index contributed by atoms with van der Waals surface area (Å²) in [5.41, 5.74) is 2.22. The number of nitrogens with zero attached hydrogens (tertiary/aromatic N) is 2. The first-order chi connectivity index (χ1) is 11.3. The van der Waals surface area contributed by atoms with E-state index in [1.165, 1.54) is 0 Å². The van der Waals surface area contributed by atoms with Crippen molar-refractivity contribution in [2.24, 2.45) is 0 Å². The first-order valence-corrected chi connectivity index (χ1v) is 7.99. The number of hydrogen-bond acceptors (Lipinski definition) is 3. The lowest BCUT2D eigenvalue weighted by atomic mass is 10.2. The molecule has 1 saturated heterocycles. The zero-order chi connectivity index (χ0) is 15.6. The van der Waals surface area contributed by atoms with Crippen LogP contribution in [0.3, 0.4) is 0 Å². The van der Waals surface area contributed by atoms with Crippen LogP contribution in [0.4, 0.5) is 0 Å². The standard InChI is InChI=1S/C18H17ClN2O2/c19-15-3-5-16(6-4-15)20-8-7-14(12-20)18-21(9-11-23-18)13-17-2-1-10-22-17/h1-8,10,12,18H,9,11,13H2/t18-/m0/s1. The Morgan fingerprint density at radius 2 is 2.00 bits per heavy atom. The van der Waals surface area contributed by atoms with Gasteiger partial charge in [-0.25, -0.2) is 0 Å². The van der Waals surface area contributed by atoms with E-state index in [1.54, 1.807) is 6.26 Å². The minimum absolute atomic E-state index is 0.0337. The molecule has 1 atom stereocenters. The summed E-state index contributed by atoms with van der Waals surface area (Å²) in [7, 11) is 0. The number of ether oxygens (including phenoxy) is 1. The first kappa shape index (κ1) is 14.6. The molecule has 3 aromatic rings. The van der Waals surface area contributed by atoms with Crippen LogP contribution in [0.15, 0.2) is 65.5 Å². The third kappa shape index (κ3) is 3.06. The maximum absolute atomic E-state index is 5.95. The summed E-state index contributed by atoms with van der Waals surface area (Å²) >= 11 is 5.95. The van der Waals surface area contributed by atoms with E-state index in [1.807, 2.05) is 42.6 Å². The maximum atomic E-state index is 5.95. The highest BCUT2D eigenvalue weighted by molar-refractivity contribution is 6.30. The van der Waals surface area contributed by atoms with Gasteiger partial charge in [-0.15, -0.1) is 0 Å². The number of furan rings is 1. The van der Waals surface area contributed by atoms with E-state index in [2.05, 4.69) is 21.7 Å². The Hall–Kier alpha value is -2.01. The molecule has 0 amide bonds. The molecule has 0 saturated carbocycles. The van der Waals surface area contributed by atoms with Gasteiger partial charge in [0.2, 0.25) is 0 Å². The van der Waals surface area contributed by atoms with Crippen molar-refractivity contribution in [2.75, 3.05) is 13.2 Å². The molecule has 0 spiro atoms. The van der Waals surface area contributed by atoms with Crippen molar-refractivity contribution in [1.29, 1.82) is 0 Å². The predicted molar refractivity (Wildman–Crippen MR) is 88.6 cm³/mol. The van der Waals surface area contributed by atoms with Gasteiger partial charge in [0.05, 0.1) is 19.4 Å². The van der Waals surface area contributed by atoms with Gasteiger partial charge in [0.1, 0.15) is 12.0 Å². The van der Waals surface area contributed by atoms with Crippen LogP contribution in [0.5, 0.6) is 0 Å². The fraction of sp³-hybridized carbons (Fsp3) is 0.222. The predicted octanol–water partition coefficient (Wildman–Crippen LogP) is 4.25. The lowest BCUT2D eigenvalue weighted by Gasteiger charge is -2.21. The van der Waals surface area contributed by atoms with Crippen LogP contribution < -0.4 is 0 Å². The van der Waals surface area contributed by atoms with E-state index < -0.39 is 0 Å². The van der Waals surface area contributed by atoms with E-state index >= 15 is 0 Å². The third-order valence-corrected chi connectivity index (χ3v) is 4.30. The fourth-order valence-electron chi connectivity index (χ4n) is 2.91. The van der Waals surface area contributed by atoms with Gasteiger partial charge in [0, 0.05) is 35.2 Å². The molecule has 0 aliphatic carbocycles. The summed E-state index contributed by atoms with van der Waals surface area (Å²) < 4.78 is 13.5. The summed E-state index contributed by atoms with van der Waals surface area (Å²) in [6.45, 7) is 2.39. The second-order valence-corrected chi connectivity index (χ2v) is 6.04. The minimum atomic E-state index is -0.0337. The van der Waals surface area contributed by atoms with Crippen LogP contribution in [0, 0.1) is 0 Å². The van der Waals surface area contributed by atoms with Crippen molar-refractivity contribution in [1.82, 2.24) is 9.47 Å². The summed E-state index contributed by atoms with van der Waals surface area (Å²) in [5.74, 6) is 0.956. The molecular weight excluding hydrogens is 312 g/mol. The van der Waals surface area contributed by atoms with Crippen molar-refractivity contribution in [2.45, 2.75) is 12.8 Å². The lowest BCUT2D eigenvalue weighted by molar-refractivity contribution is 0.0258. The molecule has 2 aromatic heterocycles. The van der Waals surface area contributed by atoms with Gasteiger partial charge >= 0.3 is 0 Å². The molecule has 0 N–H and O–H groups in total. The monoisotopic (exact) mass is 328 g/mol. The highest BCUT2D eigenvalue weighted by atomic mass is 35.5. The highest BCUT2D eigenvalue weighted by Crippen LogP contribution is 2.29. The summed E-state index contributed by atoms with van der Waals surface area (Å²) in [4.78, 5) is 2.28. The average Bonchev–Trinajstić information content (AvgIpc) is 3.29. The SMILES string of the molecule is Clc1ccc(-n2ccc([C@@H]3OCCN3Cc3ccco3)c2)cc1. The topological polar surface area (TPSA) is 30.5 Å². The normalized spacial score (nSPS) is 18.6. The van der Waals surface area contributed by atoms with Crippen LogP contribution in [0.25, 0.3) is 5.69 Å². The lowest BCUT2D eigenvalue weighted by Crippen LogP contribution is -2.22.